The van der Waals surface area contributed by atoms with Gasteiger partial charge in [-0.2, -0.15) is 8.78 Å². The molecule has 7 nitrogen and oxygen atoms in total. The molecule has 0 unspecified atom stereocenters. The Bertz CT molecular complexity index is 1110. The van der Waals surface area contributed by atoms with Crippen LogP contribution < -0.4 is 5.32 Å². The van der Waals surface area contributed by atoms with Crippen molar-refractivity contribution in [2.45, 2.75) is 32.0 Å². The second-order valence-electron chi connectivity index (χ2n) is 7.40. The number of ether oxygens (including phenoxy) is 1. The van der Waals surface area contributed by atoms with Crippen LogP contribution in [0.25, 0.3) is 11.0 Å². The van der Waals surface area contributed by atoms with Crippen LogP contribution in [0.1, 0.15) is 35.6 Å². The summed E-state index contributed by atoms with van der Waals surface area (Å²) < 4.78 is 33.5. The lowest BCUT2D eigenvalue weighted by Gasteiger charge is -2.18. The molecule has 0 bridgehead atoms. The molecule has 1 atom stereocenters. The van der Waals surface area contributed by atoms with Gasteiger partial charge in [-0.15, -0.1) is 0 Å². The number of imidazole rings is 1. The quantitative estimate of drug-likeness (QED) is 0.648. The highest BCUT2D eigenvalue weighted by Crippen LogP contribution is 2.24. The van der Waals surface area contributed by atoms with E-state index in [0.29, 0.717) is 35.3 Å². The summed E-state index contributed by atoms with van der Waals surface area (Å²) in [6.07, 6.45) is 1.02. The predicted molar refractivity (Wildman–Crippen MR) is 111 cm³/mol. The second-order valence-corrected chi connectivity index (χ2v) is 7.40. The van der Waals surface area contributed by atoms with Crippen LogP contribution in [-0.2, 0) is 16.1 Å². The summed E-state index contributed by atoms with van der Waals surface area (Å²) in [5, 5.41) is 2.76. The number of alkyl halides is 2. The molecular weight excluding hydrogens is 406 g/mol. The van der Waals surface area contributed by atoms with Crippen LogP contribution in [0.2, 0.25) is 0 Å². The Kier molecular flexibility index (Phi) is 5.94. The van der Waals surface area contributed by atoms with E-state index in [2.05, 4.69) is 10.3 Å². The lowest BCUT2D eigenvalue weighted by Crippen LogP contribution is -2.29. The van der Waals surface area contributed by atoms with Crippen molar-refractivity contribution in [1.29, 1.82) is 0 Å². The first-order chi connectivity index (χ1) is 14.9. The molecular formula is C22H22F2N4O3. The molecule has 0 saturated carbocycles. The summed E-state index contributed by atoms with van der Waals surface area (Å²) in [6, 6.07) is 13.1. The van der Waals surface area contributed by atoms with Crippen LogP contribution in [0.15, 0.2) is 48.5 Å². The van der Waals surface area contributed by atoms with Gasteiger partial charge in [-0.05, 0) is 43.2 Å². The molecule has 1 saturated heterocycles. The fourth-order valence-corrected chi connectivity index (χ4v) is 3.67. The number of rotatable bonds is 6. The number of fused-ring (bicyclic) bond motifs is 1. The van der Waals surface area contributed by atoms with Crippen molar-refractivity contribution in [3.05, 3.63) is 59.9 Å². The standard InChI is InChI=1S/C22H22F2N4O3/c1-27(13-19-26-16-8-2-3-9-17(16)28(19)22(23)24)21(30)14-6-4-7-15(12-14)25-20(29)18-10-5-11-31-18/h2-4,6-9,12,18,22H,5,10-11,13H2,1H3,(H,25,29)/t18-/m0/s1. The minimum Gasteiger partial charge on any atom is -0.368 e. The molecule has 1 aliphatic heterocycles. The SMILES string of the molecule is CN(Cc1nc2ccccc2n1C(F)F)C(=O)c1cccc(NC(=O)[C@@H]2CCCO2)c1. The normalized spacial score (nSPS) is 16.1. The lowest BCUT2D eigenvalue weighted by atomic mass is 10.1. The number of anilines is 1. The fourth-order valence-electron chi connectivity index (χ4n) is 3.67. The average Bonchev–Trinajstić information content (AvgIpc) is 3.41. The maximum Gasteiger partial charge on any atom is 0.320 e. The van der Waals surface area contributed by atoms with Gasteiger partial charge in [-0.25, -0.2) is 4.98 Å². The number of para-hydroxylation sites is 2. The Hall–Kier alpha value is -3.33. The minimum atomic E-state index is -2.78. The first kappa shape index (κ1) is 20.9. The largest absolute Gasteiger partial charge is 0.368 e. The van der Waals surface area contributed by atoms with Crippen LogP contribution in [0.3, 0.4) is 0 Å². The van der Waals surface area contributed by atoms with Gasteiger partial charge in [-0.3, -0.25) is 14.2 Å². The minimum absolute atomic E-state index is 0.0925. The summed E-state index contributed by atoms with van der Waals surface area (Å²) in [6.45, 7) is -2.31. The fraction of sp³-hybridized carbons (Fsp3) is 0.318. The number of carbonyl (C=O) groups is 2. The third-order valence-corrected chi connectivity index (χ3v) is 5.19. The van der Waals surface area contributed by atoms with Gasteiger partial charge in [0.15, 0.2) is 0 Å². The molecule has 1 aromatic heterocycles. The van der Waals surface area contributed by atoms with Gasteiger partial charge in [0.25, 0.3) is 11.8 Å². The van der Waals surface area contributed by atoms with Gasteiger partial charge in [0, 0.05) is 24.9 Å². The first-order valence-electron chi connectivity index (χ1n) is 9.96. The zero-order valence-electron chi connectivity index (χ0n) is 16.9. The van der Waals surface area contributed by atoms with Crippen molar-refractivity contribution in [3.63, 3.8) is 0 Å². The summed E-state index contributed by atoms with van der Waals surface area (Å²) in [4.78, 5) is 30.7. The number of hydrogen-bond acceptors (Lipinski definition) is 4. The highest BCUT2D eigenvalue weighted by Gasteiger charge is 2.24. The molecule has 162 valence electrons. The molecule has 1 fully saturated rings. The number of halogens is 2. The van der Waals surface area contributed by atoms with E-state index in [0.717, 1.165) is 11.0 Å². The summed E-state index contributed by atoms with van der Waals surface area (Å²) in [5.41, 5.74) is 1.55. The number of carbonyl (C=O) groups excluding carboxylic acids is 2. The molecule has 2 aromatic carbocycles. The van der Waals surface area contributed by atoms with E-state index in [1.165, 1.54) is 11.9 Å². The van der Waals surface area contributed by atoms with Gasteiger partial charge in [0.05, 0.1) is 17.6 Å². The monoisotopic (exact) mass is 428 g/mol. The Balaban J connectivity index is 1.50. The number of nitrogens with zero attached hydrogens (tertiary/aromatic N) is 3. The average molecular weight is 428 g/mol. The van der Waals surface area contributed by atoms with E-state index >= 15 is 0 Å². The summed E-state index contributed by atoms with van der Waals surface area (Å²) in [5.74, 6) is -0.530. The number of nitrogens with one attached hydrogen (secondary N) is 1. The van der Waals surface area contributed by atoms with Crippen molar-refractivity contribution < 1.29 is 23.1 Å². The molecule has 2 heterocycles. The Morgan fingerprint density at radius 3 is 2.81 bits per heavy atom. The summed E-state index contributed by atoms with van der Waals surface area (Å²) in [7, 11) is 1.52. The number of benzene rings is 2. The summed E-state index contributed by atoms with van der Waals surface area (Å²) >= 11 is 0. The third-order valence-electron chi connectivity index (χ3n) is 5.19. The number of aromatic nitrogens is 2. The highest BCUT2D eigenvalue weighted by molar-refractivity contribution is 5.98. The van der Waals surface area contributed by atoms with E-state index in [1.807, 2.05) is 0 Å². The molecule has 0 spiro atoms. The molecule has 1 aliphatic rings. The smallest absolute Gasteiger partial charge is 0.320 e. The van der Waals surface area contributed by atoms with Crippen molar-refractivity contribution in [1.82, 2.24) is 14.5 Å². The van der Waals surface area contributed by atoms with Crippen LogP contribution in [-0.4, -0.2) is 46.0 Å². The van der Waals surface area contributed by atoms with Crippen LogP contribution in [0, 0.1) is 0 Å². The molecule has 0 aliphatic carbocycles. The van der Waals surface area contributed by atoms with Gasteiger partial charge < -0.3 is 15.0 Å². The Morgan fingerprint density at radius 1 is 1.26 bits per heavy atom. The zero-order valence-corrected chi connectivity index (χ0v) is 16.9. The van der Waals surface area contributed by atoms with Crippen molar-refractivity contribution in [2.75, 3.05) is 19.0 Å². The van der Waals surface area contributed by atoms with Crippen molar-refractivity contribution >= 4 is 28.5 Å². The zero-order chi connectivity index (χ0) is 22.0. The topological polar surface area (TPSA) is 76.5 Å². The van der Waals surface area contributed by atoms with Gasteiger partial charge in [-0.1, -0.05) is 18.2 Å². The van der Waals surface area contributed by atoms with Crippen LogP contribution in [0.4, 0.5) is 14.5 Å². The van der Waals surface area contributed by atoms with E-state index in [1.54, 1.807) is 48.5 Å². The molecule has 0 radical (unpaired) electrons. The molecule has 9 heteroatoms. The van der Waals surface area contributed by atoms with Crippen LogP contribution >= 0.6 is 0 Å². The lowest BCUT2D eigenvalue weighted by molar-refractivity contribution is -0.124. The molecule has 31 heavy (non-hydrogen) atoms. The maximum absolute atomic E-state index is 13.6. The Labute approximate surface area is 177 Å². The van der Waals surface area contributed by atoms with E-state index in [9.17, 15) is 18.4 Å². The van der Waals surface area contributed by atoms with Crippen molar-refractivity contribution in [3.8, 4) is 0 Å². The molecule has 3 aromatic rings. The van der Waals surface area contributed by atoms with Crippen molar-refractivity contribution in [2.24, 2.45) is 0 Å². The second kappa shape index (κ2) is 8.81. The molecule has 4 rings (SSSR count). The van der Waals surface area contributed by atoms with E-state index in [4.69, 9.17) is 4.74 Å². The van der Waals surface area contributed by atoms with Gasteiger partial charge in [0.2, 0.25) is 0 Å². The van der Waals surface area contributed by atoms with E-state index < -0.39 is 12.7 Å². The number of amides is 2. The highest BCUT2D eigenvalue weighted by atomic mass is 19.3. The van der Waals surface area contributed by atoms with Gasteiger partial charge >= 0.3 is 6.55 Å². The maximum atomic E-state index is 13.6. The van der Waals surface area contributed by atoms with Crippen LogP contribution in [0.5, 0.6) is 0 Å². The van der Waals surface area contributed by atoms with E-state index in [-0.39, 0.29) is 24.2 Å². The molecule has 1 N–H and O–H groups in total. The van der Waals surface area contributed by atoms with Gasteiger partial charge in [0.1, 0.15) is 11.9 Å². The Morgan fingerprint density at radius 2 is 2.06 bits per heavy atom. The third kappa shape index (κ3) is 4.41. The first-order valence-corrected chi connectivity index (χ1v) is 9.96. The number of hydrogen-bond donors (Lipinski definition) is 1. The molecule has 2 amide bonds. The predicted octanol–water partition coefficient (Wildman–Crippen LogP) is 3.82.